The third kappa shape index (κ3) is 4.13. The van der Waals surface area contributed by atoms with E-state index in [0.29, 0.717) is 0 Å². The molecular formula is C13H26N4. The molecule has 17 heavy (non-hydrogen) atoms. The minimum Gasteiger partial charge on any atom is -0.334 e. The molecule has 98 valence electrons. The van der Waals surface area contributed by atoms with Crippen LogP contribution in [0.4, 0.5) is 0 Å². The molecule has 0 atom stereocenters. The van der Waals surface area contributed by atoms with Gasteiger partial charge in [0.25, 0.3) is 0 Å². The molecular weight excluding hydrogens is 212 g/mol. The average molecular weight is 238 g/mol. The highest BCUT2D eigenvalue weighted by molar-refractivity contribution is 4.98. The van der Waals surface area contributed by atoms with Crippen molar-refractivity contribution >= 4 is 0 Å². The van der Waals surface area contributed by atoms with Crippen molar-refractivity contribution in [2.24, 2.45) is 11.1 Å². The summed E-state index contributed by atoms with van der Waals surface area (Å²) in [5.41, 5.74) is 7.25. The number of rotatable bonds is 7. The summed E-state index contributed by atoms with van der Waals surface area (Å²) >= 11 is 0. The monoisotopic (exact) mass is 238 g/mol. The third-order valence-electron chi connectivity index (χ3n) is 3.18. The zero-order chi connectivity index (χ0) is 12.9. The number of aromatic nitrogens is 2. The maximum absolute atomic E-state index is 5.79. The summed E-state index contributed by atoms with van der Waals surface area (Å²) in [4.78, 5) is 6.64. The van der Waals surface area contributed by atoms with E-state index >= 15 is 0 Å². The van der Waals surface area contributed by atoms with E-state index in [-0.39, 0.29) is 5.41 Å². The largest absolute Gasteiger partial charge is 0.334 e. The minimum atomic E-state index is 0.174. The van der Waals surface area contributed by atoms with E-state index in [1.165, 1.54) is 5.69 Å². The van der Waals surface area contributed by atoms with Gasteiger partial charge in [-0.25, -0.2) is 4.98 Å². The van der Waals surface area contributed by atoms with Crippen LogP contribution in [-0.4, -0.2) is 34.1 Å². The van der Waals surface area contributed by atoms with Crippen LogP contribution >= 0.6 is 0 Å². The van der Waals surface area contributed by atoms with E-state index in [9.17, 15) is 0 Å². The molecule has 1 heterocycles. The topological polar surface area (TPSA) is 47.1 Å². The molecule has 0 saturated heterocycles. The van der Waals surface area contributed by atoms with Gasteiger partial charge in [0.05, 0.1) is 12.0 Å². The normalized spacial score (nSPS) is 12.4. The highest BCUT2D eigenvalue weighted by Gasteiger charge is 2.20. The molecule has 4 nitrogen and oxygen atoms in total. The Kier molecular flexibility index (Phi) is 5.15. The summed E-state index contributed by atoms with van der Waals surface area (Å²) in [6.07, 6.45) is 3.86. The van der Waals surface area contributed by atoms with Gasteiger partial charge in [-0.2, -0.15) is 0 Å². The van der Waals surface area contributed by atoms with Crippen LogP contribution in [0.5, 0.6) is 0 Å². The second-order valence-corrected chi connectivity index (χ2v) is 5.34. The van der Waals surface area contributed by atoms with Crippen LogP contribution in [0.25, 0.3) is 0 Å². The van der Waals surface area contributed by atoms with Crippen molar-refractivity contribution in [2.45, 2.75) is 40.8 Å². The summed E-state index contributed by atoms with van der Waals surface area (Å²) in [5.74, 6) is 0. The fourth-order valence-corrected chi connectivity index (χ4v) is 1.94. The molecule has 0 radical (unpaired) electrons. The van der Waals surface area contributed by atoms with Gasteiger partial charge in [0.15, 0.2) is 0 Å². The number of hydrogen-bond acceptors (Lipinski definition) is 3. The Balaban J connectivity index is 2.64. The minimum absolute atomic E-state index is 0.174. The lowest BCUT2D eigenvalue weighted by Crippen LogP contribution is -2.38. The Morgan fingerprint density at radius 1 is 1.41 bits per heavy atom. The van der Waals surface area contributed by atoms with Gasteiger partial charge in [0.2, 0.25) is 0 Å². The van der Waals surface area contributed by atoms with Crippen LogP contribution in [0.1, 0.15) is 33.4 Å². The van der Waals surface area contributed by atoms with Crippen molar-refractivity contribution in [3.8, 4) is 0 Å². The summed E-state index contributed by atoms with van der Waals surface area (Å²) in [7, 11) is 0. The van der Waals surface area contributed by atoms with Crippen molar-refractivity contribution in [1.82, 2.24) is 14.5 Å². The predicted octanol–water partition coefficient (Wildman–Crippen LogP) is 1.71. The number of imidazole rings is 1. The molecule has 4 heteroatoms. The first kappa shape index (κ1) is 14.2. The summed E-state index contributed by atoms with van der Waals surface area (Å²) in [5, 5.41) is 0. The van der Waals surface area contributed by atoms with E-state index in [2.05, 4.69) is 42.1 Å². The van der Waals surface area contributed by atoms with E-state index in [4.69, 9.17) is 5.73 Å². The standard InChI is InChI=1S/C13H26N4/c1-5-16(10-13(3,4)9-14)8-12-7-15-11-17(12)6-2/h7,11H,5-6,8-10,14H2,1-4H3. The van der Waals surface area contributed by atoms with Crippen LogP contribution < -0.4 is 5.73 Å². The molecule has 1 aromatic rings. The average Bonchev–Trinajstić information content (AvgIpc) is 2.75. The Bertz CT molecular complexity index is 330. The Morgan fingerprint density at radius 3 is 2.65 bits per heavy atom. The van der Waals surface area contributed by atoms with E-state index in [1.54, 1.807) is 0 Å². The molecule has 0 aromatic carbocycles. The zero-order valence-electron chi connectivity index (χ0n) is 11.6. The molecule has 1 aromatic heterocycles. The summed E-state index contributed by atoms with van der Waals surface area (Å²) in [6.45, 7) is 13.5. The molecule has 0 aliphatic carbocycles. The van der Waals surface area contributed by atoms with Crippen molar-refractivity contribution < 1.29 is 0 Å². The first-order valence-corrected chi connectivity index (χ1v) is 6.43. The fraction of sp³-hybridized carbons (Fsp3) is 0.769. The number of nitrogens with two attached hydrogens (primary N) is 1. The lowest BCUT2D eigenvalue weighted by Gasteiger charge is -2.31. The predicted molar refractivity (Wildman–Crippen MR) is 71.7 cm³/mol. The molecule has 1 rings (SSSR count). The second kappa shape index (κ2) is 6.17. The maximum atomic E-state index is 5.79. The van der Waals surface area contributed by atoms with Gasteiger partial charge >= 0.3 is 0 Å². The van der Waals surface area contributed by atoms with Gasteiger partial charge < -0.3 is 10.3 Å². The number of aryl methyl sites for hydroxylation is 1. The van der Waals surface area contributed by atoms with Crippen molar-refractivity contribution in [1.29, 1.82) is 0 Å². The van der Waals surface area contributed by atoms with Gasteiger partial charge in [-0.05, 0) is 25.4 Å². The molecule has 0 aliphatic heterocycles. The smallest absolute Gasteiger partial charge is 0.0948 e. The van der Waals surface area contributed by atoms with Crippen LogP contribution in [0.3, 0.4) is 0 Å². The molecule has 2 N–H and O–H groups in total. The molecule has 0 aliphatic rings. The molecule has 0 bridgehead atoms. The Hall–Kier alpha value is -0.870. The molecule has 0 amide bonds. The van der Waals surface area contributed by atoms with E-state index < -0.39 is 0 Å². The highest BCUT2D eigenvalue weighted by atomic mass is 15.2. The van der Waals surface area contributed by atoms with Crippen LogP contribution in [0.2, 0.25) is 0 Å². The number of hydrogen-bond donors (Lipinski definition) is 1. The maximum Gasteiger partial charge on any atom is 0.0948 e. The van der Waals surface area contributed by atoms with Gasteiger partial charge in [-0.15, -0.1) is 0 Å². The molecule has 0 saturated carbocycles. The quantitative estimate of drug-likeness (QED) is 0.786. The lowest BCUT2D eigenvalue weighted by molar-refractivity contribution is 0.180. The first-order valence-electron chi connectivity index (χ1n) is 6.43. The van der Waals surface area contributed by atoms with Crippen molar-refractivity contribution in [3.63, 3.8) is 0 Å². The van der Waals surface area contributed by atoms with E-state index in [1.807, 2.05) is 12.5 Å². The summed E-state index contributed by atoms with van der Waals surface area (Å²) in [6, 6.07) is 0. The second-order valence-electron chi connectivity index (χ2n) is 5.34. The molecule has 0 unspecified atom stereocenters. The van der Waals surface area contributed by atoms with Gasteiger partial charge in [0.1, 0.15) is 0 Å². The van der Waals surface area contributed by atoms with Gasteiger partial charge in [-0.3, -0.25) is 4.90 Å². The fourth-order valence-electron chi connectivity index (χ4n) is 1.94. The van der Waals surface area contributed by atoms with Crippen LogP contribution in [0, 0.1) is 5.41 Å². The Morgan fingerprint density at radius 2 is 2.12 bits per heavy atom. The Labute approximate surface area is 105 Å². The van der Waals surface area contributed by atoms with Crippen LogP contribution in [0.15, 0.2) is 12.5 Å². The van der Waals surface area contributed by atoms with Gasteiger partial charge in [-0.1, -0.05) is 20.8 Å². The highest BCUT2D eigenvalue weighted by Crippen LogP contribution is 2.16. The number of nitrogens with zero attached hydrogens (tertiary/aromatic N) is 3. The van der Waals surface area contributed by atoms with Gasteiger partial charge in [0, 0.05) is 25.8 Å². The molecule has 0 spiro atoms. The van der Waals surface area contributed by atoms with Crippen LogP contribution in [-0.2, 0) is 13.1 Å². The van der Waals surface area contributed by atoms with Crippen molar-refractivity contribution in [3.05, 3.63) is 18.2 Å². The summed E-state index contributed by atoms with van der Waals surface area (Å²) < 4.78 is 2.19. The lowest BCUT2D eigenvalue weighted by atomic mass is 9.93. The molecule has 0 fully saturated rings. The third-order valence-corrected chi connectivity index (χ3v) is 3.18. The van der Waals surface area contributed by atoms with E-state index in [0.717, 1.165) is 32.7 Å². The SMILES string of the molecule is CCN(Cc1cncn1CC)CC(C)(C)CN. The first-order chi connectivity index (χ1) is 8.02. The van der Waals surface area contributed by atoms with Crippen molar-refractivity contribution in [2.75, 3.05) is 19.6 Å². The zero-order valence-corrected chi connectivity index (χ0v) is 11.6.